The molecule has 2 aliphatic rings. The van der Waals surface area contributed by atoms with Crippen LogP contribution >= 0.6 is 0 Å². The summed E-state index contributed by atoms with van der Waals surface area (Å²) in [5.41, 5.74) is -0.262. The number of carbonyl (C=O) groups excluding carboxylic acids is 1. The number of benzene rings is 1. The Hall–Kier alpha value is -2.04. The molecule has 24 heavy (non-hydrogen) atoms. The van der Waals surface area contributed by atoms with E-state index >= 15 is 0 Å². The Bertz CT molecular complexity index is 754. The predicted octanol–water partition coefficient (Wildman–Crippen LogP) is -0.353. The summed E-state index contributed by atoms with van der Waals surface area (Å²) in [6, 6.07) is 5.02. The topological polar surface area (TPSA) is 113 Å². The molecule has 2 heterocycles. The van der Waals surface area contributed by atoms with Gasteiger partial charge in [0, 0.05) is 51.4 Å². The number of nitrogens with one attached hydrogen (secondary N) is 1. The Balaban J connectivity index is 1.69. The summed E-state index contributed by atoms with van der Waals surface area (Å²) < 4.78 is 26.5. The summed E-state index contributed by atoms with van der Waals surface area (Å²) >= 11 is 0. The average Bonchev–Trinajstić information content (AvgIpc) is 2.53. The van der Waals surface area contributed by atoms with Crippen molar-refractivity contribution in [3.63, 3.8) is 0 Å². The molecule has 10 heteroatoms. The molecule has 2 saturated heterocycles. The maximum Gasteiger partial charge on any atom is 0.270 e. The van der Waals surface area contributed by atoms with Crippen LogP contribution in [-0.2, 0) is 14.8 Å². The Morgan fingerprint density at radius 3 is 2.42 bits per heavy atom. The van der Waals surface area contributed by atoms with Crippen molar-refractivity contribution >= 4 is 21.6 Å². The van der Waals surface area contributed by atoms with Crippen molar-refractivity contribution in [3.8, 4) is 0 Å². The minimum atomic E-state index is -3.80. The molecule has 1 amide bonds. The largest absolute Gasteiger partial charge is 0.340 e. The number of carbonyl (C=O) groups is 1. The van der Waals surface area contributed by atoms with Crippen LogP contribution in [0.1, 0.15) is 0 Å². The van der Waals surface area contributed by atoms with Gasteiger partial charge in [0.2, 0.25) is 15.9 Å². The number of non-ortho nitro benzene ring substituents is 1. The van der Waals surface area contributed by atoms with Gasteiger partial charge in [-0.2, -0.15) is 4.31 Å². The first-order chi connectivity index (χ1) is 11.4. The summed E-state index contributed by atoms with van der Waals surface area (Å²) in [4.78, 5) is 24.0. The number of piperazine rings is 1. The van der Waals surface area contributed by atoms with E-state index in [1.165, 1.54) is 22.5 Å². The lowest BCUT2D eigenvalue weighted by Gasteiger charge is -2.37. The first-order valence-electron chi connectivity index (χ1n) is 7.64. The Labute approximate surface area is 139 Å². The van der Waals surface area contributed by atoms with Gasteiger partial charge in [-0.3, -0.25) is 14.9 Å². The zero-order valence-electron chi connectivity index (χ0n) is 12.9. The molecule has 0 unspecified atom stereocenters. The molecule has 0 aromatic heterocycles. The highest BCUT2D eigenvalue weighted by Crippen LogP contribution is 2.22. The minimum absolute atomic E-state index is 0.00932. The minimum Gasteiger partial charge on any atom is -0.340 e. The third-order valence-corrected chi connectivity index (χ3v) is 6.24. The number of hydrogen-bond acceptors (Lipinski definition) is 6. The maximum atomic E-state index is 12.6. The van der Waals surface area contributed by atoms with Crippen molar-refractivity contribution < 1.29 is 18.1 Å². The van der Waals surface area contributed by atoms with E-state index in [1.807, 2.05) is 0 Å². The molecule has 1 N–H and O–H groups in total. The second-order valence-electron chi connectivity index (χ2n) is 5.84. The third kappa shape index (κ3) is 3.12. The van der Waals surface area contributed by atoms with Crippen LogP contribution in [0.2, 0.25) is 0 Å². The fraction of sp³-hybridized carbons (Fsp3) is 0.500. The first-order valence-corrected chi connectivity index (χ1v) is 9.08. The van der Waals surface area contributed by atoms with Crippen LogP contribution in [0.15, 0.2) is 29.2 Å². The molecule has 130 valence electrons. The van der Waals surface area contributed by atoms with E-state index in [2.05, 4.69) is 5.32 Å². The highest BCUT2D eigenvalue weighted by molar-refractivity contribution is 7.89. The molecule has 0 atom stereocenters. The molecule has 0 radical (unpaired) electrons. The number of sulfonamides is 1. The molecule has 0 bridgehead atoms. The molecule has 9 nitrogen and oxygen atoms in total. The zero-order valence-corrected chi connectivity index (χ0v) is 13.7. The lowest BCUT2D eigenvalue weighted by atomic mass is 10.0. The van der Waals surface area contributed by atoms with Gasteiger partial charge in [0.25, 0.3) is 5.69 Å². The molecule has 0 aliphatic carbocycles. The Morgan fingerprint density at radius 1 is 1.21 bits per heavy atom. The molecule has 2 aliphatic heterocycles. The molecular weight excluding hydrogens is 336 g/mol. The van der Waals surface area contributed by atoms with Gasteiger partial charge in [0.1, 0.15) is 0 Å². The van der Waals surface area contributed by atoms with E-state index in [0.29, 0.717) is 26.2 Å². The van der Waals surface area contributed by atoms with Crippen LogP contribution in [0, 0.1) is 16.0 Å². The first kappa shape index (κ1) is 16.8. The monoisotopic (exact) mass is 354 g/mol. The quantitative estimate of drug-likeness (QED) is 0.584. The fourth-order valence-electron chi connectivity index (χ4n) is 2.78. The zero-order chi connectivity index (χ0) is 17.3. The summed E-state index contributed by atoms with van der Waals surface area (Å²) in [5.74, 6) is 0.0473. The van der Waals surface area contributed by atoms with Gasteiger partial charge in [0.05, 0.1) is 15.7 Å². The van der Waals surface area contributed by atoms with Crippen LogP contribution in [0.5, 0.6) is 0 Å². The SMILES string of the molecule is O=C(C1CNC1)N1CCN(S(=O)(=O)c2cccc([N+](=O)[O-])c2)CC1. The summed E-state index contributed by atoms with van der Waals surface area (Å²) in [6.45, 7) is 2.40. The van der Waals surface area contributed by atoms with Crippen molar-refractivity contribution in [3.05, 3.63) is 34.4 Å². The van der Waals surface area contributed by atoms with E-state index in [9.17, 15) is 23.3 Å². The van der Waals surface area contributed by atoms with Crippen LogP contribution in [0.3, 0.4) is 0 Å². The second kappa shape index (κ2) is 6.46. The molecule has 1 aromatic rings. The second-order valence-corrected chi connectivity index (χ2v) is 7.78. The van der Waals surface area contributed by atoms with Gasteiger partial charge in [-0.15, -0.1) is 0 Å². The Kier molecular flexibility index (Phi) is 4.52. The van der Waals surface area contributed by atoms with E-state index in [4.69, 9.17) is 0 Å². The summed E-state index contributed by atoms with van der Waals surface area (Å²) in [5, 5.41) is 13.9. The lowest BCUT2D eigenvalue weighted by molar-refractivity contribution is -0.385. The van der Waals surface area contributed by atoms with Gasteiger partial charge >= 0.3 is 0 Å². The molecule has 1 aromatic carbocycles. The lowest BCUT2D eigenvalue weighted by Crippen LogP contribution is -2.57. The van der Waals surface area contributed by atoms with Crippen LogP contribution in [0.25, 0.3) is 0 Å². The third-order valence-electron chi connectivity index (χ3n) is 4.35. The predicted molar refractivity (Wildman–Crippen MR) is 84.8 cm³/mol. The molecule has 0 spiro atoms. The van der Waals surface area contributed by atoms with Crippen molar-refractivity contribution in [1.29, 1.82) is 0 Å². The smallest absolute Gasteiger partial charge is 0.270 e. The number of nitro groups is 1. The molecule has 0 saturated carbocycles. The van der Waals surface area contributed by atoms with Gasteiger partial charge in [-0.05, 0) is 6.07 Å². The van der Waals surface area contributed by atoms with Gasteiger partial charge in [-0.1, -0.05) is 6.07 Å². The van der Waals surface area contributed by atoms with Gasteiger partial charge in [-0.25, -0.2) is 8.42 Å². The molecule has 2 fully saturated rings. The van der Waals surface area contributed by atoms with E-state index in [-0.39, 0.29) is 35.5 Å². The fourth-order valence-corrected chi connectivity index (χ4v) is 4.24. The number of nitro benzene ring substituents is 1. The van der Waals surface area contributed by atoms with Crippen LogP contribution < -0.4 is 5.32 Å². The number of rotatable bonds is 4. The maximum absolute atomic E-state index is 12.6. The number of amides is 1. The van der Waals surface area contributed by atoms with Crippen molar-refractivity contribution in [1.82, 2.24) is 14.5 Å². The highest BCUT2D eigenvalue weighted by Gasteiger charge is 2.34. The number of nitrogens with zero attached hydrogens (tertiary/aromatic N) is 3. The standard InChI is InChI=1S/C14H18N4O5S/c19-14(11-9-15-10-11)16-4-6-17(7-5-16)24(22,23)13-3-1-2-12(8-13)18(20)21/h1-3,8,11,15H,4-7,9-10H2. The van der Waals surface area contributed by atoms with E-state index < -0.39 is 14.9 Å². The van der Waals surface area contributed by atoms with E-state index in [1.54, 1.807) is 4.90 Å². The van der Waals surface area contributed by atoms with Gasteiger partial charge < -0.3 is 10.2 Å². The normalized spacial score (nSPS) is 19.8. The summed E-state index contributed by atoms with van der Waals surface area (Å²) in [6.07, 6.45) is 0. The van der Waals surface area contributed by atoms with Crippen LogP contribution in [0.4, 0.5) is 5.69 Å². The van der Waals surface area contributed by atoms with E-state index in [0.717, 1.165) is 6.07 Å². The molecular formula is C14H18N4O5S. The Morgan fingerprint density at radius 2 is 1.88 bits per heavy atom. The van der Waals surface area contributed by atoms with Crippen molar-refractivity contribution in [2.24, 2.45) is 5.92 Å². The van der Waals surface area contributed by atoms with Crippen molar-refractivity contribution in [2.75, 3.05) is 39.3 Å². The highest BCUT2D eigenvalue weighted by atomic mass is 32.2. The van der Waals surface area contributed by atoms with Crippen LogP contribution in [-0.4, -0.2) is 67.7 Å². The average molecular weight is 354 g/mol. The van der Waals surface area contributed by atoms with Gasteiger partial charge in [0.15, 0.2) is 0 Å². The van der Waals surface area contributed by atoms with Crippen molar-refractivity contribution in [2.45, 2.75) is 4.90 Å². The summed E-state index contributed by atoms with van der Waals surface area (Å²) in [7, 11) is -3.80. The molecule has 3 rings (SSSR count). The number of hydrogen-bond donors (Lipinski definition) is 1.